The first-order valence-electron chi connectivity index (χ1n) is 5.25. The lowest BCUT2D eigenvalue weighted by Crippen LogP contribution is -2.29. The summed E-state index contributed by atoms with van der Waals surface area (Å²) in [5.74, 6) is 0. The zero-order valence-electron chi connectivity index (χ0n) is 8.71. The Hall–Kier alpha value is -0.120. The van der Waals surface area contributed by atoms with Crippen molar-refractivity contribution in [3.8, 4) is 0 Å². The quantitative estimate of drug-likeness (QED) is 0.579. The molecule has 0 bridgehead atoms. The third-order valence-electron chi connectivity index (χ3n) is 2.11. The lowest BCUT2D eigenvalue weighted by molar-refractivity contribution is 0.0158. The summed E-state index contributed by atoms with van der Waals surface area (Å²) in [5, 5.41) is 3.43. The van der Waals surface area contributed by atoms with Gasteiger partial charge < -0.3 is 14.8 Å². The molecule has 78 valence electrons. The van der Waals surface area contributed by atoms with Crippen LogP contribution in [0.3, 0.4) is 0 Å². The van der Waals surface area contributed by atoms with Crippen molar-refractivity contribution >= 4 is 0 Å². The Balaban J connectivity index is 1.81. The Kier molecular flexibility index (Phi) is 5.35. The van der Waals surface area contributed by atoms with E-state index >= 15 is 0 Å². The van der Waals surface area contributed by atoms with Gasteiger partial charge in [-0.25, -0.2) is 0 Å². The van der Waals surface area contributed by atoms with Crippen molar-refractivity contribution in [3.05, 3.63) is 0 Å². The molecule has 0 aromatic rings. The monoisotopic (exact) mass is 187 g/mol. The van der Waals surface area contributed by atoms with Crippen LogP contribution in [0.25, 0.3) is 0 Å². The van der Waals surface area contributed by atoms with E-state index in [1.807, 2.05) is 6.92 Å². The van der Waals surface area contributed by atoms with Gasteiger partial charge in [0.05, 0.1) is 19.3 Å². The molecule has 1 saturated carbocycles. The minimum Gasteiger partial charge on any atom is -0.379 e. The molecule has 0 aliphatic heterocycles. The number of ether oxygens (including phenoxy) is 2. The van der Waals surface area contributed by atoms with E-state index in [9.17, 15) is 0 Å². The van der Waals surface area contributed by atoms with Gasteiger partial charge in [0.1, 0.15) is 0 Å². The molecule has 0 spiro atoms. The predicted molar refractivity (Wildman–Crippen MR) is 52.9 cm³/mol. The maximum atomic E-state index is 5.53. The van der Waals surface area contributed by atoms with E-state index in [1.165, 1.54) is 12.8 Å². The normalized spacial score (nSPS) is 18.9. The molecule has 1 aliphatic carbocycles. The second-order valence-electron chi connectivity index (χ2n) is 3.56. The minimum atomic E-state index is 0.307. The summed E-state index contributed by atoms with van der Waals surface area (Å²) in [4.78, 5) is 0. The molecule has 0 amide bonds. The highest BCUT2D eigenvalue weighted by atomic mass is 16.5. The molecule has 1 N–H and O–H groups in total. The van der Waals surface area contributed by atoms with Crippen LogP contribution in [0.5, 0.6) is 0 Å². The molecule has 0 radical (unpaired) electrons. The van der Waals surface area contributed by atoms with Crippen molar-refractivity contribution in [1.82, 2.24) is 5.32 Å². The maximum absolute atomic E-state index is 5.53. The fraction of sp³-hybridized carbons (Fsp3) is 1.00. The fourth-order valence-electron chi connectivity index (χ4n) is 1.13. The first kappa shape index (κ1) is 11.0. The molecular formula is C10H21NO2. The Bertz CT molecular complexity index is 126. The second-order valence-corrected chi connectivity index (χ2v) is 3.56. The summed E-state index contributed by atoms with van der Waals surface area (Å²) in [6.45, 7) is 7.26. The van der Waals surface area contributed by atoms with Gasteiger partial charge in [0.25, 0.3) is 0 Å². The average molecular weight is 187 g/mol. The highest BCUT2D eigenvalue weighted by molar-refractivity contribution is 4.81. The lowest BCUT2D eigenvalue weighted by atomic mass is 10.4. The number of nitrogens with one attached hydrogen (secondary N) is 1. The zero-order valence-corrected chi connectivity index (χ0v) is 8.71. The van der Waals surface area contributed by atoms with E-state index in [1.54, 1.807) is 0 Å². The van der Waals surface area contributed by atoms with Crippen LogP contribution in [0.15, 0.2) is 0 Å². The van der Waals surface area contributed by atoms with Gasteiger partial charge in [-0.1, -0.05) is 0 Å². The van der Waals surface area contributed by atoms with Crippen molar-refractivity contribution in [2.75, 3.05) is 26.4 Å². The second kappa shape index (κ2) is 6.35. The molecule has 0 heterocycles. The van der Waals surface area contributed by atoms with Crippen molar-refractivity contribution in [3.63, 3.8) is 0 Å². The van der Waals surface area contributed by atoms with E-state index in [0.717, 1.165) is 19.2 Å². The van der Waals surface area contributed by atoms with Crippen LogP contribution in [0.2, 0.25) is 0 Å². The molecule has 3 heteroatoms. The molecule has 1 aliphatic rings. The molecule has 1 atom stereocenters. The van der Waals surface area contributed by atoms with Gasteiger partial charge in [-0.15, -0.1) is 0 Å². The van der Waals surface area contributed by atoms with Crippen LogP contribution in [0.4, 0.5) is 0 Å². The first-order chi connectivity index (χ1) is 6.33. The van der Waals surface area contributed by atoms with Crippen LogP contribution >= 0.6 is 0 Å². The Morgan fingerprint density at radius 2 is 2.15 bits per heavy atom. The van der Waals surface area contributed by atoms with Gasteiger partial charge in [-0.2, -0.15) is 0 Å². The summed E-state index contributed by atoms with van der Waals surface area (Å²) >= 11 is 0. The van der Waals surface area contributed by atoms with E-state index < -0.39 is 0 Å². The summed E-state index contributed by atoms with van der Waals surface area (Å²) in [6.07, 6.45) is 2.98. The van der Waals surface area contributed by atoms with Gasteiger partial charge in [-0.05, 0) is 26.7 Å². The van der Waals surface area contributed by atoms with Crippen LogP contribution < -0.4 is 5.32 Å². The summed E-state index contributed by atoms with van der Waals surface area (Å²) in [6, 6.07) is 0.776. The Morgan fingerprint density at radius 1 is 1.38 bits per heavy atom. The maximum Gasteiger partial charge on any atom is 0.0704 e. The fourth-order valence-corrected chi connectivity index (χ4v) is 1.13. The van der Waals surface area contributed by atoms with Crippen LogP contribution in [0.1, 0.15) is 26.7 Å². The minimum absolute atomic E-state index is 0.307. The standard InChI is InChI=1S/C10H21NO2/c1-3-12-6-7-13-9(2)8-11-10-4-5-10/h9-11H,3-8H2,1-2H3. The van der Waals surface area contributed by atoms with E-state index in [2.05, 4.69) is 12.2 Å². The highest BCUT2D eigenvalue weighted by Crippen LogP contribution is 2.18. The number of rotatable bonds is 8. The van der Waals surface area contributed by atoms with Crippen molar-refractivity contribution in [1.29, 1.82) is 0 Å². The largest absolute Gasteiger partial charge is 0.379 e. The Labute approximate surface area is 80.8 Å². The van der Waals surface area contributed by atoms with Crippen LogP contribution in [0, 0.1) is 0 Å². The van der Waals surface area contributed by atoms with Gasteiger partial charge in [0, 0.05) is 19.2 Å². The molecule has 1 fully saturated rings. The summed E-state index contributed by atoms with van der Waals surface area (Å²) in [7, 11) is 0. The van der Waals surface area contributed by atoms with Gasteiger partial charge in [0.15, 0.2) is 0 Å². The third kappa shape index (κ3) is 6.02. The molecule has 1 rings (SSSR count). The Morgan fingerprint density at radius 3 is 2.77 bits per heavy atom. The van der Waals surface area contributed by atoms with E-state index in [0.29, 0.717) is 19.3 Å². The molecular weight excluding hydrogens is 166 g/mol. The molecule has 0 saturated heterocycles. The van der Waals surface area contributed by atoms with Crippen LogP contribution in [-0.2, 0) is 9.47 Å². The average Bonchev–Trinajstić information content (AvgIpc) is 2.92. The van der Waals surface area contributed by atoms with Crippen molar-refractivity contribution in [2.45, 2.75) is 38.8 Å². The molecule has 0 aromatic carbocycles. The van der Waals surface area contributed by atoms with Gasteiger partial charge >= 0.3 is 0 Å². The third-order valence-corrected chi connectivity index (χ3v) is 2.11. The van der Waals surface area contributed by atoms with Crippen molar-refractivity contribution in [2.24, 2.45) is 0 Å². The SMILES string of the molecule is CCOCCOC(C)CNC1CC1. The molecule has 3 nitrogen and oxygen atoms in total. The number of hydrogen-bond acceptors (Lipinski definition) is 3. The number of hydrogen-bond donors (Lipinski definition) is 1. The van der Waals surface area contributed by atoms with E-state index in [4.69, 9.17) is 9.47 Å². The lowest BCUT2D eigenvalue weighted by Gasteiger charge is -2.13. The predicted octanol–water partition coefficient (Wildman–Crippen LogP) is 1.18. The smallest absolute Gasteiger partial charge is 0.0704 e. The molecule has 1 unspecified atom stereocenters. The molecule has 0 aromatic heterocycles. The van der Waals surface area contributed by atoms with E-state index in [-0.39, 0.29) is 0 Å². The zero-order chi connectivity index (χ0) is 9.52. The summed E-state index contributed by atoms with van der Waals surface area (Å²) < 4.78 is 10.7. The van der Waals surface area contributed by atoms with Gasteiger partial charge in [-0.3, -0.25) is 0 Å². The highest BCUT2D eigenvalue weighted by Gasteiger charge is 2.20. The van der Waals surface area contributed by atoms with Gasteiger partial charge in [0.2, 0.25) is 0 Å². The van der Waals surface area contributed by atoms with Crippen molar-refractivity contribution < 1.29 is 9.47 Å². The summed E-state index contributed by atoms with van der Waals surface area (Å²) in [5.41, 5.74) is 0. The first-order valence-corrected chi connectivity index (χ1v) is 5.25. The van der Waals surface area contributed by atoms with Crippen LogP contribution in [-0.4, -0.2) is 38.5 Å². The molecule has 13 heavy (non-hydrogen) atoms. The topological polar surface area (TPSA) is 30.5 Å².